The van der Waals surface area contributed by atoms with E-state index in [0.717, 1.165) is 6.54 Å². The van der Waals surface area contributed by atoms with Crippen LogP contribution in [0.3, 0.4) is 0 Å². The Bertz CT molecular complexity index is 1210. The van der Waals surface area contributed by atoms with Crippen molar-refractivity contribution in [1.82, 2.24) is 16.1 Å². The standard InChI is InChI=1S/C33H33N5/c1-5-13-24(14-6-1)30-23-37(26-17-9-3-10-18-26)31-22-32-29(21-28(31)34-30)35-33(25-15-7-2-8-16-25)36-38(32)27-19-11-4-12-20-27/h1-22,28-36H,23H2. The molecule has 0 radical (unpaired) electrons. The van der Waals surface area contributed by atoms with Gasteiger partial charge in [-0.1, -0.05) is 103 Å². The summed E-state index contributed by atoms with van der Waals surface area (Å²) in [5, 5.41) is 10.3. The Morgan fingerprint density at radius 3 is 1.82 bits per heavy atom. The average molecular weight is 500 g/mol. The van der Waals surface area contributed by atoms with Gasteiger partial charge in [0, 0.05) is 18.3 Å². The van der Waals surface area contributed by atoms with Gasteiger partial charge in [-0.2, -0.15) is 0 Å². The molecule has 190 valence electrons. The molecule has 2 saturated heterocycles. The van der Waals surface area contributed by atoms with Crippen molar-refractivity contribution >= 4 is 11.4 Å². The van der Waals surface area contributed by atoms with Crippen LogP contribution in [0.15, 0.2) is 121 Å². The van der Waals surface area contributed by atoms with Gasteiger partial charge in [0.25, 0.3) is 0 Å². The van der Waals surface area contributed by atoms with Crippen LogP contribution in [-0.4, -0.2) is 30.7 Å². The molecule has 0 amide bonds. The lowest BCUT2D eigenvalue weighted by Crippen LogP contribution is -2.74. The van der Waals surface area contributed by atoms with E-state index < -0.39 is 0 Å². The van der Waals surface area contributed by atoms with Crippen LogP contribution in [-0.2, 0) is 0 Å². The molecule has 1 saturated carbocycles. The van der Waals surface area contributed by atoms with Gasteiger partial charge in [0.1, 0.15) is 6.42 Å². The van der Waals surface area contributed by atoms with Crippen molar-refractivity contribution in [2.75, 3.05) is 16.5 Å². The van der Waals surface area contributed by atoms with Gasteiger partial charge >= 0.3 is 0 Å². The highest BCUT2D eigenvalue weighted by atomic mass is 15.6. The van der Waals surface area contributed by atoms with E-state index in [1.165, 1.54) is 22.5 Å². The molecule has 2 aliphatic heterocycles. The molecule has 3 N–H and O–H groups in total. The maximum absolute atomic E-state index is 4.01. The van der Waals surface area contributed by atoms with Crippen molar-refractivity contribution < 1.29 is 0 Å². The van der Waals surface area contributed by atoms with Gasteiger partial charge in [-0.3, -0.25) is 11.4 Å². The molecule has 0 aromatic heterocycles. The lowest BCUT2D eigenvalue weighted by atomic mass is 9.78. The van der Waals surface area contributed by atoms with Gasteiger partial charge in [0.05, 0.1) is 11.9 Å². The Balaban J connectivity index is 1.24. The maximum atomic E-state index is 4.01. The van der Waals surface area contributed by atoms with Gasteiger partial charge in [-0.25, -0.2) is 5.43 Å². The molecule has 0 bridgehead atoms. The number of rotatable bonds is 4. The molecule has 3 aliphatic rings. The molecule has 1 aliphatic carbocycles. The molecule has 4 aromatic rings. The maximum Gasteiger partial charge on any atom is 0.173 e. The monoisotopic (exact) mass is 499 g/mol. The summed E-state index contributed by atoms with van der Waals surface area (Å²) in [4.78, 5) is 2.58. The zero-order valence-corrected chi connectivity index (χ0v) is 21.3. The van der Waals surface area contributed by atoms with E-state index in [1.54, 1.807) is 0 Å². The number of hydrazine groups is 1. The number of hydrogen-bond donors (Lipinski definition) is 3. The van der Waals surface area contributed by atoms with Gasteiger partial charge in [-0.05, 0) is 41.4 Å². The van der Waals surface area contributed by atoms with Crippen LogP contribution in [0.2, 0.25) is 0 Å². The third kappa shape index (κ3) is 4.43. The quantitative estimate of drug-likeness (QED) is 0.343. The number of piperazine rings is 1. The molecule has 5 heteroatoms. The number of anilines is 2. The molecule has 0 spiro atoms. The number of nitrogens with zero attached hydrogens (tertiary/aromatic N) is 2. The predicted molar refractivity (Wildman–Crippen MR) is 154 cm³/mol. The minimum atomic E-state index is 0.0117. The summed E-state index contributed by atoms with van der Waals surface area (Å²) in [6.45, 7) is 0.912. The Morgan fingerprint density at radius 2 is 1.16 bits per heavy atom. The first kappa shape index (κ1) is 23.4. The minimum absolute atomic E-state index is 0.0117. The second-order valence-corrected chi connectivity index (χ2v) is 10.4. The SMILES string of the molecule is c1ccc(C2CN(c3ccccc3)C3[CH+]C4C([CH-]C3N2)NC(c2ccccc2)NN4c2ccccc2)cc1. The van der Waals surface area contributed by atoms with Crippen molar-refractivity contribution in [1.29, 1.82) is 0 Å². The zero-order chi connectivity index (χ0) is 25.3. The van der Waals surface area contributed by atoms with E-state index >= 15 is 0 Å². The smallest absolute Gasteiger partial charge is 0.173 e. The Hall–Kier alpha value is -3.77. The summed E-state index contributed by atoms with van der Waals surface area (Å²) in [5.74, 6) is 0. The van der Waals surface area contributed by atoms with Crippen molar-refractivity contribution in [2.45, 2.75) is 36.4 Å². The van der Waals surface area contributed by atoms with E-state index in [2.05, 4.69) is 160 Å². The second kappa shape index (κ2) is 10.2. The summed E-state index contributed by atoms with van der Waals surface area (Å²) in [7, 11) is 0. The van der Waals surface area contributed by atoms with Crippen molar-refractivity contribution in [3.05, 3.63) is 145 Å². The molecule has 7 rings (SSSR count). The molecule has 38 heavy (non-hydrogen) atoms. The van der Waals surface area contributed by atoms with E-state index in [9.17, 15) is 0 Å². The summed E-state index contributed by atoms with van der Waals surface area (Å²) in [5.41, 5.74) is 8.79. The second-order valence-electron chi connectivity index (χ2n) is 10.4. The normalized spacial score (nSPS) is 28.6. The van der Waals surface area contributed by atoms with Crippen LogP contribution in [0.4, 0.5) is 11.4 Å². The van der Waals surface area contributed by atoms with Crippen LogP contribution in [0, 0.1) is 12.8 Å². The van der Waals surface area contributed by atoms with Crippen LogP contribution in [0.5, 0.6) is 0 Å². The zero-order valence-electron chi connectivity index (χ0n) is 21.3. The highest BCUT2D eigenvalue weighted by Crippen LogP contribution is 2.38. The number of fused-ring (bicyclic) bond motifs is 2. The van der Waals surface area contributed by atoms with Gasteiger partial charge in [0.2, 0.25) is 0 Å². The Morgan fingerprint density at radius 1 is 0.605 bits per heavy atom. The third-order valence-electron chi connectivity index (χ3n) is 8.06. The lowest BCUT2D eigenvalue weighted by Gasteiger charge is -2.57. The fourth-order valence-corrected chi connectivity index (χ4v) is 6.24. The summed E-state index contributed by atoms with van der Waals surface area (Å²) in [6, 6.07) is 44.0. The minimum Gasteiger partial charge on any atom is -0.330 e. The molecular weight excluding hydrogens is 466 g/mol. The third-order valence-corrected chi connectivity index (χ3v) is 8.06. The van der Waals surface area contributed by atoms with Crippen LogP contribution >= 0.6 is 0 Å². The van der Waals surface area contributed by atoms with E-state index in [0.29, 0.717) is 0 Å². The molecule has 6 atom stereocenters. The molecular formula is C33H33N5. The fourth-order valence-electron chi connectivity index (χ4n) is 6.24. The molecule has 6 unspecified atom stereocenters. The summed E-state index contributed by atoms with van der Waals surface area (Å²) in [6.07, 6.45) is 5.05. The number of benzene rings is 4. The first-order valence-electron chi connectivity index (χ1n) is 13.6. The number of nitrogens with one attached hydrogen (secondary N) is 3. The van der Waals surface area contributed by atoms with Crippen molar-refractivity contribution in [3.8, 4) is 0 Å². The number of hydrogen-bond acceptors (Lipinski definition) is 5. The van der Waals surface area contributed by atoms with Gasteiger partial charge in [-0.15, -0.1) is 0 Å². The van der Waals surface area contributed by atoms with Crippen molar-refractivity contribution in [3.63, 3.8) is 0 Å². The van der Waals surface area contributed by atoms with Gasteiger partial charge < -0.3 is 15.5 Å². The van der Waals surface area contributed by atoms with Crippen LogP contribution < -0.4 is 26.0 Å². The largest absolute Gasteiger partial charge is 0.330 e. The van der Waals surface area contributed by atoms with E-state index in [-0.39, 0.29) is 36.4 Å². The van der Waals surface area contributed by atoms with E-state index in [4.69, 9.17) is 0 Å². The van der Waals surface area contributed by atoms with Crippen molar-refractivity contribution in [2.24, 2.45) is 0 Å². The number of para-hydroxylation sites is 2. The molecule has 2 heterocycles. The Kier molecular flexibility index (Phi) is 6.26. The Labute approximate surface area is 225 Å². The summed E-state index contributed by atoms with van der Waals surface area (Å²) < 4.78 is 0. The van der Waals surface area contributed by atoms with Crippen LogP contribution in [0.1, 0.15) is 23.3 Å². The molecule has 3 fully saturated rings. The first-order valence-corrected chi connectivity index (χ1v) is 13.6. The highest BCUT2D eigenvalue weighted by Gasteiger charge is 2.49. The van der Waals surface area contributed by atoms with E-state index in [1.807, 2.05) is 0 Å². The molecule has 4 aromatic carbocycles. The van der Waals surface area contributed by atoms with Crippen LogP contribution in [0.25, 0.3) is 0 Å². The molecule has 5 nitrogen and oxygen atoms in total. The highest BCUT2D eigenvalue weighted by molar-refractivity contribution is 5.54. The topological polar surface area (TPSA) is 42.6 Å². The fraction of sp³-hybridized carbons (Fsp3) is 0.212. The average Bonchev–Trinajstić information content (AvgIpc) is 3.00. The predicted octanol–water partition coefficient (Wildman–Crippen LogP) is 5.05. The summed E-state index contributed by atoms with van der Waals surface area (Å²) >= 11 is 0. The lowest BCUT2D eigenvalue weighted by molar-refractivity contribution is 0.220. The first-order chi connectivity index (χ1) is 18.8. The van der Waals surface area contributed by atoms with Gasteiger partial charge in [0.15, 0.2) is 12.1 Å².